The van der Waals surface area contributed by atoms with Crippen molar-refractivity contribution in [3.8, 4) is 0 Å². The number of amides is 3. The maximum Gasteiger partial charge on any atom is 0.338 e. The zero-order valence-electron chi connectivity index (χ0n) is 21.2. The summed E-state index contributed by atoms with van der Waals surface area (Å²) >= 11 is 0. The molecule has 3 fully saturated rings. The van der Waals surface area contributed by atoms with E-state index in [1.165, 1.54) is 12.1 Å². The van der Waals surface area contributed by atoms with Gasteiger partial charge in [-0.2, -0.15) is 0 Å². The molecule has 5 atom stereocenters. The van der Waals surface area contributed by atoms with Gasteiger partial charge < -0.3 is 14.8 Å². The van der Waals surface area contributed by atoms with Crippen molar-refractivity contribution in [3.63, 3.8) is 0 Å². The number of anilines is 1. The first-order valence-corrected chi connectivity index (χ1v) is 12.7. The number of hydrogen-bond donors (Lipinski definition) is 1. The van der Waals surface area contributed by atoms with Crippen LogP contribution in [0.3, 0.4) is 0 Å². The van der Waals surface area contributed by atoms with Crippen molar-refractivity contribution < 1.29 is 33.4 Å². The van der Waals surface area contributed by atoms with Gasteiger partial charge in [0.1, 0.15) is 6.04 Å². The lowest BCUT2D eigenvalue weighted by atomic mass is 9.81. The van der Waals surface area contributed by atoms with E-state index in [1.807, 2.05) is 13.8 Å². The number of nitrogens with one attached hydrogen (secondary N) is 1. The second-order valence-corrected chi connectivity index (χ2v) is 10.8. The van der Waals surface area contributed by atoms with Gasteiger partial charge in [-0.15, -0.1) is 0 Å². The number of fused-ring (bicyclic) bond motifs is 5. The molecular weight excluding hydrogens is 464 g/mol. The van der Waals surface area contributed by atoms with Gasteiger partial charge in [0.05, 0.1) is 24.0 Å². The number of esters is 2. The van der Waals surface area contributed by atoms with Crippen LogP contribution in [0.4, 0.5) is 5.69 Å². The lowest BCUT2D eigenvalue weighted by Crippen LogP contribution is -2.50. The standard InChI is InChI=1S/C27H34N2O7/c1-14(2)12-35-26(33)16-7-9-19(10-8-16)28-20(30)13-36-27(34)23(15(3)4)29-24(31)21-17-5-6-18(11-17)22(21)25(29)32/h7-10,14-15,17-18,21-23H,5-6,11-13H2,1-4H3,(H,28,30)/t17-,18-,21+,22+,23-/m0/s1. The van der Waals surface area contributed by atoms with Crippen LogP contribution in [0.2, 0.25) is 0 Å². The van der Waals surface area contributed by atoms with Gasteiger partial charge in [0, 0.05) is 5.69 Å². The number of benzene rings is 1. The van der Waals surface area contributed by atoms with Crippen molar-refractivity contribution in [1.29, 1.82) is 0 Å². The molecule has 36 heavy (non-hydrogen) atoms. The fourth-order valence-electron chi connectivity index (χ4n) is 5.82. The molecule has 2 aliphatic carbocycles. The molecule has 2 bridgehead atoms. The van der Waals surface area contributed by atoms with Gasteiger partial charge in [0.15, 0.2) is 6.61 Å². The third kappa shape index (κ3) is 5.01. The highest BCUT2D eigenvalue weighted by Gasteiger charge is 2.62. The van der Waals surface area contributed by atoms with Crippen molar-refractivity contribution in [1.82, 2.24) is 4.90 Å². The Kier molecular flexibility index (Phi) is 7.47. The predicted molar refractivity (Wildman–Crippen MR) is 129 cm³/mol. The molecule has 0 aromatic heterocycles. The van der Waals surface area contributed by atoms with E-state index in [2.05, 4.69) is 5.32 Å². The summed E-state index contributed by atoms with van der Waals surface area (Å²) in [4.78, 5) is 64.8. The SMILES string of the molecule is CC(C)COC(=O)c1ccc(NC(=O)COC(=O)[C@H](C(C)C)N2C(=O)[C@@H]3[C@H]4CC[C@@H](C4)[C@H]3C2=O)cc1. The summed E-state index contributed by atoms with van der Waals surface area (Å²) in [6.07, 6.45) is 2.82. The number of ether oxygens (including phenoxy) is 2. The van der Waals surface area contributed by atoms with Gasteiger partial charge in [0.25, 0.3) is 5.91 Å². The number of carbonyl (C=O) groups excluding carboxylic acids is 5. The molecule has 1 aliphatic heterocycles. The quantitative estimate of drug-likeness (QED) is 0.411. The van der Waals surface area contributed by atoms with E-state index in [4.69, 9.17) is 9.47 Å². The van der Waals surface area contributed by atoms with Crippen molar-refractivity contribution in [2.24, 2.45) is 35.5 Å². The monoisotopic (exact) mass is 498 g/mol. The van der Waals surface area contributed by atoms with Crippen LogP contribution in [0.1, 0.15) is 57.3 Å². The van der Waals surface area contributed by atoms with E-state index in [0.717, 1.165) is 24.2 Å². The Balaban J connectivity index is 1.32. The van der Waals surface area contributed by atoms with Crippen molar-refractivity contribution in [2.45, 2.75) is 53.0 Å². The summed E-state index contributed by atoms with van der Waals surface area (Å²) in [5.41, 5.74) is 0.781. The highest BCUT2D eigenvalue weighted by atomic mass is 16.5. The molecule has 3 amide bonds. The van der Waals surface area contributed by atoms with Crippen LogP contribution in [0.15, 0.2) is 24.3 Å². The molecular formula is C27H34N2O7. The van der Waals surface area contributed by atoms with E-state index in [1.54, 1.807) is 26.0 Å². The Hall–Kier alpha value is -3.23. The molecule has 0 unspecified atom stereocenters. The fourth-order valence-corrected chi connectivity index (χ4v) is 5.82. The zero-order valence-corrected chi connectivity index (χ0v) is 21.2. The highest BCUT2D eigenvalue weighted by molar-refractivity contribution is 6.08. The average molecular weight is 499 g/mol. The maximum absolute atomic E-state index is 13.2. The second kappa shape index (κ2) is 10.4. The van der Waals surface area contributed by atoms with E-state index >= 15 is 0 Å². The minimum Gasteiger partial charge on any atom is -0.462 e. The number of carbonyl (C=O) groups is 5. The van der Waals surface area contributed by atoms with Crippen molar-refractivity contribution in [3.05, 3.63) is 29.8 Å². The second-order valence-electron chi connectivity index (χ2n) is 10.8. The minimum absolute atomic E-state index is 0.222. The van der Waals surface area contributed by atoms with Crippen LogP contribution in [0.5, 0.6) is 0 Å². The molecule has 0 spiro atoms. The Bertz CT molecular complexity index is 1020. The Labute approximate surface area is 210 Å². The number of hydrogen-bond acceptors (Lipinski definition) is 7. The summed E-state index contributed by atoms with van der Waals surface area (Å²) < 4.78 is 10.4. The largest absolute Gasteiger partial charge is 0.462 e. The lowest BCUT2D eigenvalue weighted by Gasteiger charge is -2.28. The third-order valence-electron chi connectivity index (χ3n) is 7.41. The van der Waals surface area contributed by atoms with E-state index < -0.39 is 30.5 Å². The average Bonchev–Trinajstić information content (AvgIpc) is 3.51. The predicted octanol–water partition coefficient (Wildman–Crippen LogP) is 3.04. The number of nitrogens with zero attached hydrogens (tertiary/aromatic N) is 1. The number of imide groups is 1. The highest BCUT2D eigenvalue weighted by Crippen LogP contribution is 2.56. The first-order valence-electron chi connectivity index (χ1n) is 12.7. The molecule has 1 heterocycles. The zero-order chi connectivity index (χ0) is 26.1. The summed E-state index contributed by atoms with van der Waals surface area (Å²) in [7, 11) is 0. The summed E-state index contributed by atoms with van der Waals surface area (Å²) in [5, 5.41) is 2.61. The molecule has 9 nitrogen and oxygen atoms in total. The maximum atomic E-state index is 13.2. The first-order chi connectivity index (χ1) is 17.1. The van der Waals surface area contributed by atoms with Gasteiger partial charge in [-0.3, -0.25) is 19.3 Å². The molecule has 194 valence electrons. The normalized spacial score (nSPS) is 25.3. The van der Waals surface area contributed by atoms with Crippen molar-refractivity contribution >= 4 is 35.3 Å². The smallest absolute Gasteiger partial charge is 0.338 e. The van der Waals surface area contributed by atoms with E-state index in [9.17, 15) is 24.0 Å². The van der Waals surface area contributed by atoms with Gasteiger partial charge in [0.2, 0.25) is 11.8 Å². The van der Waals surface area contributed by atoms with Crippen LogP contribution in [0.25, 0.3) is 0 Å². The Morgan fingerprint density at radius 2 is 1.53 bits per heavy atom. The number of likely N-dealkylation sites (tertiary alicyclic amines) is 1. The van der Waals surface area contributed by atoms with Crippen LogP contribution in [-0.4, -0.2) is 53.8 Å². The molecule has 4 rings (SSSR count). The topological polar surface area (TPSA) is 119 Å². The molecule has 2 saturated carbocycles. The van der Waals surface area contributed by atoms with Gasteiger partial charge >= 0.3 is 11.9 Å². The van der Waals surface area contributed by atoms with Crippen molar-refractivity contribution in [2.75, 3.05) is 18.5 Å². The van der Waals surface area contributed by atoms with Gasteiger partial charge in [-0.1, -0.05) is 27.7 Å². The van der Waals surface area contributed by atoms with Gasteiger partial charge in [-0.05, 0) is 67.2 Å². The first kappa shape index (κ1) is 25.9. The van der Waals surface area contributed by atoms with Gasteiger partial charge in [-0.25, -0.2) is 9.59 Å². The van der Waals surface area contributed by atoms with Crippen LogP contribution < -0.4 is 5.32 Å². The molecule has 1 aromatic carbocycles. The van der Waals surface area contributed by atoms with Crippen LogP contribution >= 0.6 is 0 Å². The lowest BCUT2D eigenvalue weighted by molar-refractivity contribution is -0.162. The van der Waals surface area contributed by atoms with E-state index in [-0.39, 0.29) is 47.3 Å². The fraction of sp³-hybridized carbons (Fsp3) is 0.593. The Morgan fingerprint density at radius 1 is 0.944 bits per heavy atom. The van der Waals surface area contributed by atoms with Crippen LogP contribution in [0, 0.1) is 35.5 Å². The molecule has 9 heteroatoms. The molecule has 3 aliphatic rings. The molecule has 1 N–H and O–H groups in total. The minimum atomic E-state index is -1.06. The molecule has 0 radical (unpaired) electrons. The Morgan fingerprint density at radius 3 is 2.06 bits per heavy atom. The summed E-state index contributed by atoms with van der Waals surface area (Å²) in [6, 6.07) is 5.12. The molecule has 1 saturated heterocycles. The number of rotatable bonds is 9. The summed E-state index contributed by atoms with van der Waals surface area (Å²) in [6.45, 7) is 7.15. The van der Waals surface area contributed by atoms with E-state index in [0.29, 0.717) is 17.9 Å². The third-order valence-corrected chi connectivity index (χ3v) is 7.41. The summed E-state index contributed by atoms with van der Waals surface area (Å²) in [5.74, 6) is -2.66. The van der Waals surface area contributed by atoms with Crippen LogP contribution in [-0.2, 0) is 28.7 Å². The molecule has 1 aromatic rings.